The average Bonchev–Trinajstić information content (AvgIpc) is 2.98. The molecule has 24 heavy (non-hydrogen) atoms. The Kier molecular flexibility index (Phi) is 5.72. The molecule has 1 aliphatic carbocycles. The maximum absolute atomic E-state index is 13.3. The Balaban J connectivity index is 1.58. The molecule has 4 atom stereocenters. The molecule has 2 heterocycles. The molecule has 0 bridgehead atoms. The SMILES string of the molecule is CCC1CCC(NC(=O)C2CNN3C(C(F)F)CC(C)NC23)CC1. The highest BCUT2D eigenvalue weighted by molar-refractivity contribution is 5.80. The van der Waals surface area contributed by atoms with Crippen LogP contribution in [0.3, 0.4) is 0 Å². The Morgan fingerprint density at radius 3 is 2.62 bits per heavy atom. The standard InChI is InChI=1S/C17H30F2N4O/c1-3-11-4-6-12(7-5-11)22-17(24)13-9-20-23-14(15(18)19)8-10(2)21-16(13)23/h10-16,20-21H,3-9H2,1-2H3,(H,22,24). The summed E-state index contributed by atoms with van der Waals surface area (Å²) in [5, 5.41) is 8.05. The summed E-state index contributed by atoms with van der Waals surface area (Å²) in [5.74, 6) is 0.455. The van der Waals surface area contributed by atoms with E-state index in [1.54, 1.807) is 5.01 Å². The first-order valence-corrected chi connectivity index (χ1v) is 9.36. The third kappa shape index (κ3) is 3.73. The van der Waals surface area contributed by atoms with Crippen LogP contribution in [0.25, 0.3) is 0 Å². The monoisotopic (exact) mass is 344 g/mol. The molecule has 3 rings (SSSR count). The van der Waals surface area contributed by atoms with Crippen molar-refractivity contribution in [2.24, 2.45) is 11.8 Å². The molecule has 2 saturated heterocycles. The third-order valence-electron chi connectivity index (χ3n) is 5.98. The van der Waals surface area contributed by atoms with E-state index >= 15 is 0 Å². The van der Waals surface area contributed by atoms with Crippen LogP contribution < -0.4 is 16.1 Å². The minimum Gasteiger partial charge on any atom is -0.353 e. The summed E-state index contributed by atoms with van der Waals surface area (Å²) in [6, 6.07) is -0.606. The lowest BCUT2D eigenvalue weighted by Crippen LogP contribution is -2.63. The van der Waals surface area contributed by atoms with Crippen molar-refractivity contribution >= 4 is 5.91 Å². The van der Waals surface area contributed by atoms with Gasteiger partial charge in [0.15, 0.2) is 0 Å². The van der Waals surface area contributed by atoms with E-state index in [0.717, 1.165) is 18.8 Å². The van der Waals surface area contributed by atoms with Crippen LogP contribution in [0, 0.1) is 11.8 Å². The Morgan fingerprint density at radius 2 is 2.00 bits per heavy atom. The van der Waals surface area contributed by atoms with Gasteiger partial charge in [-0.25, -0.2) is 13.8 Å². The number of nitrogens with zero attached hydrogens (tertiary/aromatic N) is 1. The van der Waals surface area contributed by atoms with Crippen LogP contribution in [0.4, 0.5) is 8.78 Å². The summed E-state index contributed by atoms with van der Waals surface area (Å²) >= 11 is 0. The summed E-state index contributed by atoms with van der Waals surface area (Å²) in [6.45, 7) is 4.55. The van der Waals surface area contributed by atoms with Gasteiger partial charge in [-0.05, 0) is 44.9 Å². The lowest BCUT2D eigenvalue weighted by Gasteiger charge is -2.41. The van der Waals surface area contributed by atoms with Gasteiger partial charge in [-0.3, -0.25) is 15.5 Å². The zero-order valence-electron chi connectivity index (χ0n) is 14.6. The van der Waals surface area contributed by atoms with Gasteiger partial charge in [-0.15, -0.1) is 0 Å². The Bertz CT molecular complexity index is 442. The van der Waals surface area contributed by atoms with Crippen molar-refractivity contribution < 1.29 is 13.6 Å². The molecule has 0 aromatic heterocycles. The second-order valence-electron chi connectivity index (χ2n) is 7.66. The quantitative estimate of drug-likeness (QED) is 0.729. The summed E-state index contributed by atoms with van der Waals surface area (Å²) in [4.78, 5) is 12.7. The normalized spacial score (nSPS) is 40.5. The van der Waals surface area contributed by atoms with Gasteiger partial charge in [0, 0.05) is 18.6 Å². The van der Waals surface area contributed by atoms with Crippen LogP contribution in [0.2, 0.25) is 0 Å². The van der Waals surface area contributed by atoms with Crippen molar-refractivity contribution in [3.05, 3.63) is 0 Å². The van der Waals surface area contributed by atoms with Gasteiger partial charge in [0.25, 0.3) is 6.43 Å². The molecule has 3 fully saturated rings. The number of carbonyl (C=O) groups excluding carboxylic acids is 1. The first kappa shape index (κ1) is 18.0. The predicted octanol–water partition coefficient (Wildman–Crippen LogP) is 1.85. The molecule has 7 heteroatoms. The van der Waals surface area contributed by atoms with E-state index in [9.17, 15) is 13.6 Å². The molecule has 0 radical (unpaired) electrons. The van der Waals surface area contributed by atoms with E-state index in [1.165, 1.54) is 19.3 Å². The third-order valence-corrected chi connectivity index (χ3v) is 5.98. The average molecular weight is 344 g/mol. The van der Waals surface area contributed by atoms with Gasteiger partial charge >= 0.3 is 0 Å². The summed E-state index contributed by atoms with van der Waals surface area (Å²) in [6.07, 6.45) is 3.24. The summed E-state index contributed by atoms with van der Waals surface area (Å²) < 4.78 is 26.6. The second kappa shape index (κ2) is 7.62. The van der Waals surface area contributed by atoms with E-state index < -0.39 is 12.5 Å². The maximum atomic E-state index is 13.3. The Hall–Kier alpha value is -0.790. The lowest BCUT2D eigenvalue weighted by atomic mass is 9.84. The number of hydrogen-bond acceptors (Lipinski definition) is 4. The fraction of sp³-hybridized carbons (Fsp3) is 0.941. The number of carbonyl (C=O) groups is 1. The van der Waals surface area contributed by atoms with Gasteiger partial charge in [0.2, 0.25) is 5.91 Å². The van der Waals surface area contributed by atoms with E-state index in [2.05, 4.69) is 23.0 Å². The number of amides is 1. The molecule has 3 aliphatic rings. The number of alkyl halides is 2. The van der Waals surface area contributed by atoms with Crippen molar-refractivity contribution in [2.75, 3.05) is 6.54 Å². The molecule has 1 amide bonds. The van der Waals surface area contributed by atoms with Crippen molar-refractivity contribution in [3.63, 3.8) is 0 Å². The van der Waals surface area contributed by atoms with Crippen molar-refractivity contribution in [3.8, 4) is 0 Å². The minimum absolute atomic E-state index is 0.00966. The Morgan fingerprint density at radius 1 is 1.29 bits per heavy atom. The van der Waals surface area contributed by atoms with Crippen LogP contribution in [-0.4, -0.2) is 48.2 Å². The number of rotatable bonds is 4. The highest BCUT2D eigenvalue weighted by Gasteiger charge is 2.48. The van der Waals surface area contributed by atoms with Crippen LogP contribution >= 0.6 is 0 Å². The zero-order chi connectivity index (χ0) is 17.3. The predicted molar refractivity (Wildman–Crippen MR) is 88.3 cm³/mol. The molecule has 0 aromatic carbocycles. The highest BCUT2D eigenvalue weighted by atomic mass is 19.3. The molecule has 5 nitrogen and oxygen atoms in total. The van der Waals surface area contributed by atoms with Crippen LogP contribution in [-0.2, 0) is 4.79 Å². The fourth-order valence-corrected chi connectivity index (χ4v) is 4.45. The van der Waals surface area contributed by atoms with Crippen molar-refractivity contribution in [1.82, 2.24) is 21.1 Å². The highest BCUT2D eigenvalue weighted by Crippen LogP contribution is 2.30. The maximum Gasteiger partial charge on any atom is 0.255 e. The molecular weight excluding hydrogens is 314 g/mol. The number of halogens is 2. The molecule has 2 aliphatic heterocycles. The van der Waals surface area contributed by atoms with Crippen molar-refractivity contribution in [2.45, 2.75) is 83.1 Å². The Labute approximate surface area is 142 Å². The van der Waals surface area contributed by atoms with Crippen LogP contribution in [0.1, 0.15) is 52.4 Å². The first-order valence-electron chi connectivity index (χ1n) is 9.36. The minimum atomic E-state index is -2.41. The van der Waals surface area contributed by atoms with Gasteiger partial charge in [-0.1, -0.05) is 13.3 Å². The molecule has 0 spiro atoms. The summed E-state index contributed by atoms with van der Waals surface area (Å²) in [5.41, 5.74) is 3.02. The molecule has 138 valence electrons. The van der Waals surface area contributed by atoms with E-state index in [1.807, 2.05) is 6.92 Å². The zero-order valence-corrected chi connectivity index (χ0v) is 14.6. The van der Waals surface area contributed by atoms with Gasteiger partial charge < -0.3 is 5.32 Å². The first-order chi connectivity index (χ1) is 11.5. The van der Waals surface area contributed by atoms with Crippen molar-refractivity contribution in [1.29, 1.82) is 0 Å². The van der Waals surface area contributed by atoms with Gasteiger partial charge in [0.1, 0.15) is 0 Å². The molecule has 4 unspecified atom stereocenters. The lowest BCUT2D eigenvalue weighted by molar-refractivity contribution is -0.128. The van der Waals surface area contributed by atoms with Crippen LogP contribution in [0.5, 0.6) is 0 Å². The fourth-order valence-electron chi connectivity index (χ4n) is 4.45. The van der Waals surface area contributed by atoms with E-state index in [-0.39, 0.29) is 30.1 Å². The molecular formula is C17H30F2N4O. The summed E-state index contributed by atoms with van der Waals surface area (Å²) in [7, 11) is 0. The van der Waals surface area contributed by atoms with E-state index in [0.29, 0.717) is 13.0 Å². The van der Waals surface area contributed by atoms with Crippen LogP contribution in [0.15, 0.2) is 0 Å². The molecule has 1 saturated carbocycles. The second-order valence-corrected chi connectivity index (χ2v) is 7.66. The smallest absolute Gasteiger partial charge is 0.255 e. The molecule has 3 N–H and O–H groups in total. The molecule has 0 aromatic rings. The number of nitrogens with one attached hydrogen (secondary N) is 3. The van der Waals surface area contributed by atoms with Gasteiger partial charge in [-0.2, -0.15) is 0 Å². The number of hydrazine groups is 1. The van der Waals surface area contributed by atoms with E-state index in [4.69, 9.17) is 0 Å². The number of fused-ring (bicyclic) bond motifs is 1. The van der Waals surface area contributed by atoms with Gasteiger partial charge in [0.05, 0.1) is 18.1 Å². The topological polar surface area (TPSA) is 56.4 Å². The largest absolute Gasteiger partial charge is 0.353 e. The number of hydrogen-bond donors (Lipinski definition) is 3.